The molecule has 0 aromatic carbocycles. The molecule has 1 saturated heterocycles. The highest BCUT2D eigenvalue weighted by molar-refractivity contribution is 5.93. The molecule has 0 radical (unpaired) electrons. The quantitative estimate of drug-likeness (QED) is 0.319. The molecular weight excluding hydrogens is 597 g/mol. The third-order valence-electron chi connectivity index (χ3n) is 8.36. The summed E-state index contributed by atoms with van der Waals surface area (Å²) in [6, 6.07) is -1.41. The Kier molecular flexibility index (Phi) is 13.3. The SMILES string of the molecule is CC(=O)CNC(=O)[C@H](CC(C)C)NC(=O)[C@@H]1CCCN1C(=O)OC(C)(C)C.NC12CC3CC(CC(C3)C1)C2.O=C(O)C(F)(F)F. The lowest BCUT2D eigenvalue weighted by Gasteiger charge is -2.55. The molecule has 2 atom stereocenters. The smallest absolute Gasteiger partial charge is 0.475 e. The van der Waals surface area contributed by atoms with Crippen molar-refractivity contribution in [1.82, 2.24) is 15.5 Å². The van der Waals surface area contributed by atoms with Crippen molar-refractivity contribution < 1.29 is 47.0 Å². The number of nitrogens with one attached hydrogen (secondary N) is 2. The number of alkyl halides is 3. The molecule has 4 saturated carbocycles. The number of carbonyl (C=O) groups excluding carboxylic acids is 4. The summed E-state index contributed by atoms with van der Waals surface area (Å²) in [7, 11) is 0. The van der Waals surface area contributed by atoms with E-state index in [0.717, 1.165) is 17.8 Å². The van der Waals surface area contributed by atoms with Gasteiger partial charge >= 0.3 is 18.2 Å². The third-order valence-corrected chi connectivity index (χ3v) is 8.36. The number of nitrogens with two attached hydrogens (primary N) is 1. The van der Waals surface area contributed by atoms with E-state index >= 15 is 0 Å². The van der Waals surface area contributed by atoms with Gasteiger partial charge in [0.1, 0.15) is 23.5 Å². The maximum Gasteiger partial charge on any atom is 0.490 e. The van der Waals surface area contributed by atoms with Gasteiger partial charge in [-0.25, -0.2) is 9.59 Å². The number of rotatable bonds is 7. The van der Waals surface area contributed by atoms with Crippen LogP contribution in [0.4, 0.5) is 18.0 Å². The molecule has 258 valence electrons. The zero-order chi connectivity index (χ0) is 34.3. The molecule has 4 bridgehead atoms. The number of carboxylic acid groups (broad SMARTS) is 1. The highest BCUT2D eigenvalue weighted by atomic mass is 19.4. The molecule has 5 N–H and O–H groups in total. The van der Waals surface area contributed by atoms with E-state index in [1.807, 2.05) is 13.8 Å². The monoisotopic (exact) mass is 648 g/mol. The van der Waals surface area contributed by atoms with E-state index in [-0.39, 0.29) is 24.2 Å². The summed E-state index contributed by atoms with van der Waals surface area (Å²) in [5.41, 5.74) is 5.98. The average molecular weight is 649 g/mol. The Labute approximate surface area is 263 Å². The van der Waals surface area contributed by atoms with Crippen molar-refractivity contribution in [3.05, 3.63) is 0 Å². The van der Waals surface area contributed by atoms with E-state index in [4.69, 9.17) is 20.4 Å². The molecule has 1 heterocycles. The summed E-state index contributed by atoms with van der Waals surface area (Å²) in [5.74, 6) is -0.457. The fraction of sp³-hybridized carbons (Fsp3) is 0.839. The number of Topliss-reactive ketones (excluding diaryl/α,β-unsaturated/α-hetero) is 1. The number of halogens is 3. The van der Waals surface area contributed by atoms with Gasteiger partial charge in [-0.15, -0.1) is 0 Å². The van der Waals surface area contributed by atoms with Crippen LogP contribution in [0.2, 0.25) is 0 Å². The summed E-state index contributed by atoms with van der Waals surface area (Å²) in [5, 5.41) is 12.4. The van der Waals surface area contributed by atoms with Crippen molar-refractivity contribution in [1.29, 1.82) is 0 Å². The van der Waals surface area contributed by atoms with Gasteiger partial charge in [-0.1, -0.05) is 13.8 Å². The standard InChI is InChI=1S/C19H33N3O5.C10H17N.C2HF3O2/c1-12(2)10-14(16(24)20-11-13(3)23)21-17(25)15-8-7-9-22(15)18(26)27-19(4,5)6;11-10-4-7-1-8(5-10)3-9(2-7)6-10;3-2(4,5)1(6)7/h12,14-15H,7-11H2,1-6H3,(H,20,24)(H,21,25);7-9H,1-6,11H2;(H,6,7)/t14-,15-;;/m0../s1. The number of aliphatic carboxylic acids is 1. The van der Waals surface area contributed by atoms with Crippen LogP contribution in [0.25, 0.3) is 0 Å². The van der Waals surface area contributed by atoms with Crippen LogP contribution in [0, 0.1) is 23.7 Å². The largest absolute Gasteiger partial charge is 0.490 e. The second-order valence-corrected chi connectivity index (χ2v) is 14.5. The van der Waals surface area contributed by atoms with Crippen LogP contribution in [-0.4, -0.2) is 82.2 Å². The van der Waals surface area contributed by atoms with Crippen LogP contribution in [-0.2, 0) is 23.9 Å². The van der Waals surface area contributed by atoms with E-state index in [0.29, 0.717) is 31.3 Å². The van der Waals surface area contributed by atoms with Crippen LogP contribution in [0.3, 0.4) is 0 Å². The molecule has 4 aliphatic carbocycles. The normalized spacial score (nSPS) is 27.4. The molecular formula is C31H51F3N4O7. The van der Waals surface area contributed by atoms with Crippen molar-refractivity contribution >= 4 is 29.7 Å². The number of ketones is 1. The minimum absolute atomic E-state index is 0.0727. The van der Waals surface area contributed by atoms with Gasteiger partial charge in [0.05, 0.1) is 6.54 Å². The highest BCUT2D eigenvalue weighted by Gasteiger charge is 2.48. The van der Waals surface area contributed by atoms with E-state index in [1.54, 1.807) is 20.8 Å². The molecule has 0 spiro atoms. The van der Waals surface area contributed by atoms with Gasteiger partial charge in [-0.05, 0) is 109 Å². The van der Waals surface area contributed by atoms with E-state index in [2.05, 4.69) is 10.6 Å². The van der Waals surface area contributed by atoms with Gasteiger partial charge in [0.2, 0.25) is 11.8 Å². The molecule has 5 fully saturated rings. The number of hydrogen-bond acceptors (Lipinski definition) is 7. The molecule has 5 aliphatic rings. The fourth-order valence-corrected chi connectivity index (χ4v) is 7.06. The van der Waals surface area contributed by atoms with Gasteiger partial charge in [0.25, 0.3) is 0 Å². The average Bonchev–Trinajstić information content (AvgIpc) is 3.35. The Balaban J connectivity index is 0.000000313. The van der Waals surface area contributed by atoms with Crippen LogP contribution in [0.5, 0.6) is 0 Å². The lowest BCUT2D eigenvalue weighted by molar-refractivity contribution is -0.192. The number of ether oxygens (including phenoxy) is 1. The molecule has 0 unspecified atom stereocenters. The van der Waals surface area contributed by atoms with Gasteiger partial charge < -0.3 is 26.2 Å². The van der Waals surface area contributed by atoms with Crippen LogP contribution < -0.4 is 16.4 Å². The summed E-state index contributed by atoms with van der Waals surface area (Å²) in [6.45, 7) is 11.0. The predicted molar refractivity (Wildman–Crippen MR) is 160 cm³/mol. The Morgan fingerprint density at radius 1 is 1.00 bits per heavy atom. The topological polar surface area (TPSA) is 168 Å². The first-order chi connectivity index (χ1) is 20.6. The maximum absolute atomic E-state index is 12.8. The second-order valence-electron chi connectivity index (χ2n) is 14.5. The molecule has 11 nitrogen and oxygen atoms in total. The minimum Gasteiger partial charge on any atom is -0.475 e. The zero-order valence-corrected chi connectivity index (χ0v) is 27.3. The van der Waals surface area contributed by atoms with Gasteiger partial charge in [-0.3, -0.25) is 19.3 Å². The summed E-state index contributed by atoms with van der Waals surface area (Å²) >= 11 is 0. The Morgan fingerprint density at radius 3 is 1.87 bits per heavy atom. The zero-order valence-electron chi connectivity index (χ0n) is 27.3. The van der Waals surface area contributed by atoms with Gasteiger partial charge in [-0.2, -0.15) is 13.2 Å². The lowest BCUT2D eigenvalue weighted by Crippen LogP contribution is -2.55. The minimum atomic E-state index is -5.08. The Hall–Kier alpha value is -2.90. The molecule has 5 rings (SSSR count). The second kappa shape index (κ2) is 15.6. The molecule has 1 aliphatic heterocycles. The van der Waals surface area contributed by atoms with E-state index < -0.39 is 41.8 Å². The third kappa shape index (κ3) is 12.8. The number of carbonyl (C=O) groups is 5. The van der Waals surface area contributed by atoms with Crippen LogP contribution >= 0.6 is 0 Å². The van der Waals surface area contributed by atoms with Crippen molar-refractivity contribution in [2.45, 2.75) is 129 Å². The first kappa shape index (κ1) is 38.3. The van der Waals surface area contributed by atoms with Gasteiger partial charge in [0, 0.05) is 12.1 Å². The van der Waals surface area contributed by atoms with Crippen LogP contribution in [0.1, 0.15) is 99.3 Å². The van der Waals surface area contributed by atoms with E-state index in [9.17, 15) is 32.3 Å². The first-order valence-corrected chi connectivity index (χ1v) is 15.7. The molecule has 14 heteroatoms. The van der Waals surface area contributed by atoms with Crippen molar-refractivity contribution in [3.8, 4) is 0 Å². The van der Waals surface area contributed by atoms with Crippen molar-refractivity contribution in [2.24, 2.45) is 29.4 Å². The predicted octanol–water partition coefficient (Wildman–Crippen LogP) is 4.17. The number of hydrogen-bond donors (Lipinski definition) is 4. The number of likely N-dealkylation sites (tertiary alicyclic amines) is 1. The van der Waals surface area contributed by atoms with Gasteiger partial charge in [0.15, 0.2) is 0 Å². The van der Waals surface area contributed by atoms with Crippen molar-refractivity contribution in [2.75, 3.05) is 13.1 Å². The summed E-state index contributed by atoms with van der Waals surface area (Å²) in [4.78, 5) is 58.9. The van der Waals surface area contributed by atoms with Crippen molar-refractivity contribution in [3.63, 3.8) is 0 Å². The maximum atomic E-state index is 12.8. The number of carboxylic acids is 1. The Morgan fingerprint density at radius 2 is 1.49 bits per heavy atom. The van der Waals surface area contributed by atoms with Crippen LogP contribution in [0.15, 0.2) is 0 Å². The fourth-order valence-electron chi connectivity index (χ4n) is 7.06. The number of amides is 3. The summed E-state index contributed by atoms with van der Waals surface area (Å²) < 4.78 is 37.1. The van der Waals surface area contributed by atoms with E-state index in [1.165, 1.54) is 50.3 Å². The first-order valence-electron chi connectivity index (χ1n) is 15.7. The Bertz CT molecular complexity index is 1040. The molecule has 3 amide bonds. The lowest BCUT2D eigenvalue weighted by atomic mass is 9.53. The summed E-state index contributed by atoms with van der Waals surface area (Å²) in [6.07, 6.45) is 4.62. The highest BCUT2D eigenvalue weighted by Crippen LogP contribution is 2.54. The molecule has 45 heavy (non-hydrogen) atoms. The number of nitrogens with zero attached hydrogens (tertiary/aromatic N) is 1. The molecule has 0 aromatic rings. The molecule has 0 aromatic heterocycles.